The smallest absolute Gasteiger partial charge is 0.412 e. The van der Waals surface area contributed by atoms with Crippen LogP contribution in [0.2, 0.25) is 0 Å². The number of methoxy groups -OCH3 is 8. The Labute approximate surface area is 541 Å². The fraction of sp³-hybridized carbons (Fsp3) is 0.537. The molecular formula is C67H94ClN11O12. The number of nitrogens with two attached hydrogens (primary N) is 1. The molecule has 91 heavy (non-hydrogen) atoms. The summed E-state index contributed by atoms with van der Waals surface area (Å²) in [6, 6.07) is 9.82. The Balaban J connectivity index is 0.000000185. The lowest BCUT2D eigenvalue weighted by Crippen LogP contribution is -2.30. The van der Waals surface area contributed by atoms with E-state index in [4.69, 9.17) is 60.3 Å². The summed E-state index contributed by atoms with van der Waals surface area (Å²) in [5.41, 5.74) is 11.8. The molecule has 24 heteroatoms. The van der Waals surface area contributed by atoms with Gasteiger partial charge in [0, 0.05) is 84.5 Å². The Morgan fingerprint density at radius 3 is 1.54 bits per heavy atom. The maximum Gasteiger partial charge on any atom is 0.412 e. The van der Waals surface area contributed by atoms with E-state index in [9.17, 15) is 14.4 Å². The summed E-state index contributed by atoms with van der Waals surface area (Å²) in [6.45, 7) is 4.88. The van der Waals surface area contributed by atoms with Crippen molar-refractivity contribution in [2.75, 3.05) is 93.7 Å². The average molecular weight is 1280 g/mol. The quantitative estimate of drug-likeness (QED) is 0.0560. The maximum absolute atomic E-state index is 11.3. The van der Waals surface area contributed by atoms with Gasteiger partial charge in [-0.25, -0.2) is 29.7 Å². The Kier molecular flexibility index (Phi) is 30.3. The summed E-state index contributed by atoms with van der Waals surface area (Å²) >= 11 is 5.69. The molecule has 23 nitrogen and oxygen atoms in total. The van der Waals surface area contributed by atoms with Gasteiger partial charge >= 0.3 is 6.09 Å². The average Bonchev–Trinajstić information content (AvgIpc) is 2.02. The number of hydrogen-bond acceptors (Lipinski definition) is 19. The number of amides is 3. The van der Waals surface area contributed by atoms with E-state index in [0.717, 1.165) is 161 Å². The topological polar surface area (TPSA) is 262 Å². The van der Waals surface area contributed by atoms with Crippen molar-refractivity contribution in [2.24, 2.45) is 0 Å². The van der Waals surface area contributed by atoms with E-state index in [1.54, 1.807) is 98.7 Å². The Bertz CT molecular complexity index is 3110. The van der Waals surface area contributed by atoms with Crippen molar-refractivity contribution in [3.8, 4) is 46.5 Å². The lowest BCUT2D eigenvalue weighted by atomic mass is 9.92. The van der Waals surface area contributed by atoms with Gasteiger partial charge in [-0.05, 0) is 96.0 Å². The van der Waals surface area contributed by atoms with E-state index < -0.39 is 6.09 Å². The van der Waals surface area contributed by atoms with E-state index in [0.29, 0.717) is 58.6 Å². The summed E-state index contributed by atoms with van der Waals surface area (Å²) in [5, 5.41) is 8.98. The predicted molar refractivity (Wildman–Crippen MR) is 351 cm³/mol. The van der Waals surface area contributed by atoms with E-state index >= 15 is 0 Å². The predicted octanol–water partition coefficient (Wildman–Crippen LogP) is 12.9. The van der Waals surface area contributed by atoms with Crippen LogP contribution in [0, 0.1) is 6.92 Å². The summed E-state index contributed by atoms with van der Waals surface area (Å²) in [7, 11) is 13.0. The van der Waals surface area contributed by atoms with Crippen molar-refractivity contribution in [3.05, 3.63) is 100 Å². The summed E-state index contributed by atoms with van der Waals surface area (Å²) in [6.07, 6.45) is 33.8. The number of likely N-dealkylation sites (tertiary alicyclic amines) is 1. The van der Waals surface area contributed by atoms with Crippen molar-refractivity contribution < 1.29 is 57.4 Å². The lowest BCUT2D eigenvalue weighted by Gasteiger charge is -2.32. The number of aryl methyl sites for hydroxylation is 1. The van der Waals surface area contributed by atoms with E-state index in [1.165, 1.54) is 55.4 Å². The molecule has 3 fully saturated rings. The molecule has 496 valence electrons. The second-order valence-corrected chi connectivity index (χ2v) is 22.7. The number of rotatable bonds is 15. The van der Waals surface area contributed by atoms with Gasteiger partial charge in [0.1, 0.15) is 34.0 Å². The van der Waals surface area contributed by atoms with E-state index in [-0.39, 0.29) is 12.1 Å². The van der Waals surface area contributed by atoms with Crippen molar-refractivity contribution >= 4 is 48.0 Å². The molecule has 2 unspecified atom stereocenters. The van der Waals surface area contributed by atoms with Crippen LogP contribution in [0.4, 0.5) is 16.6 Å². The summed E-state index contributed by atoms with van der Waals surface area (Å²) < 4.78 is 42.5. The van der Waals surface area contributed by atoms with Gasteiger partial charge in [-0.3, -0.25) is 14.5 Å². The first kappa shape index (κ1) is 71.7. The number of hydrogen-bond donors (Lipinski definition) is 2. The van der Waals surface area contributed by atoms with Gasteiger partial charge < -0.3 is 63.4 Å². The standard InChI is InChI=1S/C18H25N5O2.C14H20N2O3.C14H18N2O3.C14H21NO2.C7H10ClNO2/c1-12-9-16(22-18(19)21-12)23-8-6-4-5-7-14(23)13-10-17(25-3)20-11-15(13)24-2;2*1-18-13-9-15-14(19-2)8-11(13)12-6-4-3-5-7-16(12)10-17;1-16-13-10-15-14(17-2)9-12(13)11-7-5-3-4-6-8-11;8-6-4-2-1-3-5-9(6)7(10)11/h9-11,14H,4-8H2,1-3H3,(H2,19,21,22);8-10,12H,3-7H2,1-2H3;6,8-10H,3-5,7H2,1-2H3;9-11H,3-8H2,1-2H3;4H,1-3,5H2,(H,10,11). The highest BCUT2D eigenvalue weighted by atomic mass is 35.5. The third kappa shape index (κ3) is 21.1. The van der Waals surface area contributed by atoms with Crippen LogP contribution in [-0.4, -0.2) is 152 Å². The molecule has 5 aliphatic rings. The summed E-state index contributed by atoms with van der Waals surface area (Å²) in [4.78, 5) is 65.5. The van der Waals surface area contributed by atoms with Crippen molar-refractivity contribution in [1.82, 2.24) is 44.6 Å². The minimum Gasteiger partial charge on any atom is -0.495 e. The molecule has 0 aromatic carbocycles. The number of anilines is 2. The zero-order valence-corrected chi connectivity index (χ0v) is 55.3. The molecular weight excluding hydrogens is 1190 g/mol. The number of carboxylic acid groups (broad SMARTS) is 1. The monoisotopic (exact) mass is 1280 g/mol. The second-order valence-electron chi connectivity index (χ2n) is 22.4. The molecule has 4 aliphatic heterocycles. The fourth-order valence-corrected chi connectivity index (χ4v) is 12.1. The molecule has 2 saturated heterocycles. The minimum absolute atomic E-state index is 0.0480. The highest BCUT2D eigenvalue weighted by Crippen LogP contribution is 2.41. The first-order valence-corrected chi connectivity index (χ1v) is 31.9. The molecule has 3 N–H and O–H groups in total. The Morgan fingerprint density at radius 1 is 0.527 bits per heavy atom. The number of nitrogen functional groups attached to an aromatic ring is 1. The molecule has 10 rings (SSSR count). The van der Waals surface area contributed by atoms with Gasteiger partial charge in [0.15, 0.2) is 0 Å². The van der Waals surface area contributed by atoms with Crippen LogP contribution in [-0.2, 0) is 9.59 Å². The second kappa shape index (κ2) is 38.4. The lowest BCUT2D eigenvalue weighted by molar-refractivity contribution is -0.120. The minimum atomic E-state index is -0.965. The zero-order chi connectivity index (χ0) is 65.5. The third-order valence-electron chi connectivity index (χ3n) is 16.6. The largest absolute Gasteiger partial charge is 0.495 e. The number of carbonyl (C=O) groups is 3. The van der Waals surface area contributed by atoms with Gasteiger partial charge in [-0.2, -0.15) is 4.98 Å². The van der Waals surface area contributed by atoms with Gasteiger partial charge in [0.05, 0.1) is 99.4 Å². The zero-order valence-electron chi connectivity index (χ0n) is 54.6. The molecule has 0 bridgehead atoms. The van der Waals surface area contributed by atoms with E-state index in [2.05, 4.69) is 40.9 Å². The van der Waals surface area contributed by atoms with Crippen molar-refractivity contribution in [3.63, 3.8) is 0 Å². The number of aromatic nitrogens is 6. The van der Waals surface area contributed by atoms with Crippen LogP contribution in [0.15, 0.2) is 72.4 Å². The molecule has 0 radical (unpaired) electrons. The number of allylic oxidation sites excluding steroid dienone is 2. The molecule has 2 atom stereocenters. The van der Waals surface area contributed by atoms with Crippen LogP contribution < -0.4 is 48.5 Å². The molecule has 5 aromatic heterocycles. The number of carbonyl (C=O) groups excluding carboxylic acids is 2. The van der Waals surface area contributed by atoms with Crippen molar-refractivity contribution in [2.45, 2.75) is 153 Å². The number of nitrogens with zero attached hydrogens (tertiary/aromatic N) is 10. The van der Waals surface area contributed by atoms with Crippen molar-refractivity contribution in [1.29, 1.82) is 0 Å². The third-order valence-corrected chi connectivity index (χ3v) is 16.9. The summed E-state index contributed by atoms with van der Waals surface area (Å²) in [5.74, 6) is 7.09. The van der Waals surface area contributed by atoms with Crippen LogP contribution >= 0.6 is 11.6 Å². The molecule has 0 spiro atoms. The van der Waals surface area contributed by atoms with Gasteiger partial charge in [-0.15, -0.1) is 0 Å². The molecule has 3 amide bonds. The SMILES string of the molecule is COc1cc(C2=CCCCCN2C=O)c(OC)cn1.COc1cc(C2CCCCCC2)c(OC)cn1.COc1cc(C2CCCCCN2C=O)c(OC)cn1.COc1cc(C2CCCCCN2c2cc(C)nc(N)n2)c(OC)cn1.O=C(O)N1CCCCC=C1Cl. The molecule has 5 aromatic rings. The normalized spacial score (nSPS) is 17.8. The van der Waals surface area contributed by atoms with Crippen LogP contribution in [0.5, 0.6) is 46.5 Å². The van der Waals surface area contributed by atoms with Gasteiger partial charge in [0.25, 0.3) is 0 Å². The Hall–Kier alpha value is -8.34. The number of halogens is 1. The molecule has 9 heterocycles. The first-order valence-electron chi connectivity index (χ1n) is 31.5. The van der Waals surface area contributed by atoms with Crippen LogP contribution in [0.25, 0.3) is 5.70 Å². The maximum atomic E-state index is 11.3. The molecule has 1 aliphatic carbocycles. The van der Waals surface area contributed by atoms with Crippen LogP contribution in [0.1, 0.15) is 174 Å². The number of pyridine rings is 4. The highest BCUT2D eigenvalue weighted by molar-refractivity contribution is 6.30. The van der Waals surface area contributed by atoms with Crippen LogP contribution in [0.3, 0.4) is 0 Å². The first-order chi connectivity index (χ1) is 44.3. The van der Waals surface area contributed by atoms with Gasteiger partial charge in [0.2, 0.25) is 42.3 Å². The van der Waals surface area contributed by atoms with Gasteiger partial charge in [-0.1, -0.05) is 69.0 Å². The van der Waals surface area contributed by atoms with E-state index in [1.807, 2.05) is 36.1 Å². The fourth-order valence-electron chi connectivity index (χ4n) is 11.8. The Morgan fingerprint density at radius 2 is 1.00 bits per heavy atom. The number of ether oxygens (including phenoxy) is 8. The highest BCUT2D eigenvalue weighted by Gasteiger charge is 2.29. The molecule has 1 saturated carbocycles.